The van der Waals surface area contributed by atoms with Crippen LogP contribution < -0.4 is 0 Å². The van der Waals surface area contributed by atoms with Crippen LogP contribution in [0.3, 0.4) is 0 Å². The van der Waals surface area contributed by atoms with Crippen LogP contribution in [-0.4, -0.2) is 5.78 Å². The molecule has 0 aromatic heterocycles. The molecule has 0 aliphatic carbocycles. The Morgan fingerprint density at radius 3 is 2.75 bits per heavy atom. The lowest BCUT2D eigenvalue weighted by molar-refractivity contribution is 0.0962. The summed E-state index contributed by atoms with van der Waals surface area (Å²) in [6, 6.07) is 5.30. The summed E-state index contributed by atoms with van der Waals surface area (Å²) < 4.78 is 0.786. The van der Waals surface area contributed by atoms with Gasteiger partial charge in [0, 0.05) is 21.5 Å². The molecule has 0 fully saturated rings. The summed E-state index contributed by atoms with van der Waals surface area (Å²) in [5.74, 6) is 0.629. The monoisotopic (exact) mass is 302 g/mol. The van der Waals surface area contributed by atoms with E-state index in [0.717, 1.165) is 22.9 Å². The first-order valence-corrected chi connectivity index (χ1v) is 6.70. The molecule has 1 nitrogen and oxygen atoms in total. The summed E-state index contributed by atoms with van der Waals surface area (Å²) in [4.78, 5) is 12.0. The third kappa shape index (κ3) is 3.91. The van der Waals surface area contributed by atoms with E-state index in [1.165, 1.54) is 0 Å². The highest BCUT2D eigenvalue weighted by atomic mass is 79.9. The van der Waals surface area contributed by atoms with Crippen LogP contribution in [0.4, 0.5) is 0 Å². The van der Waals surface area contributed by atoms with Gasteiger partial charge < -0.3 is 0 Å². The van der Waals surface area contributed by atoms with Gasteiger partial charge in [0.1, 0.15) is 0 Å². The molecule has 0 N–H and O–H groups in total. The zero-order chi connectivity index (χ0) is 12.1. The highest BCUT2D eigenvalue weighted by Crippen LogP contribution is 2.24. The molecule has 1 atom stereocenters. The van der Waals surface area contributed by atoms with Gasteiger partial charge in [0.2, 0.25) is 0 Å². The van der Waals surface area contributed by atoms with Crippen molar-refractivity contribution in [3.8, 4) is 0 Å². The lowest BCUT2D eigenvalue weighted by atomic mass is 9.96. The number of halogens is 2. The maximum atomic E-state index is 12.0. The van der Waals surface area contributed by atoms with Gasteiger partial charge in [0.05, 0.1) is 0 Å². The summed E-state index contributed by atoms with van der Waals surface area (Å²) in [6.07, 6.45) is 2.82. The topological polar surface area (TPSA) is 17.1 Å². The van der Waals surface area contributed by atoms with Crippen molar-refractivity contribution in [3.63, 3.8) is 0 Å². The van der Waals surface area contributed by atoms with E-state index < -0.39 is 0 Å². The molecule has 88 valence electrons. The maximum absolute atomic E-state index is 12.0. The molecule has 1 aromatic carbocycles. The molecule has 0 radical (unpaired) electrons. The van der Waals surface area contributed by atoms with Gasteiger partial charge in [0.15, 0.2) is 5.78 Å². The van der Waals surface area contributed by atoms with Gasteiger partial charge in [-0.25, -0.2) is 0 Å². The first-order chi connectivity index (χ1) is 7.54. The Bertz CT molecular complexity index is 376. The van der Waals surface area contributed by atoms with E-state index in [9.17, 15) is 4.79 Å². The Hall–Kier alpha value is -0.340. The van der Waals surface area contributed by atoms with Gasteiger partial charge in [0.25, 0.3) is 0 Å². The van der Waals surface area contributed by atoms with Gasteiger partial charge in [-0.2, -0.15) is 0 Å². The highest BCUT2D eigenvalue weighted by Gasteiger charge is 2.13. The summed E-state index contributed by atoms with van der Waals surface area (Å²) in [6.45, 7) is 4.25. The SMILES string of the molecule is CCCC(C)CC(=O)c1ccc(Cl)cc1Br. The Morgan fingerprint density at radius 1 is 1.50 bits per heavy atom. The number of carbonyl (C=O) groups is 1. The van der Waals surface area contributed by atoms with Crippen molar-refractivity contribution < 1.29 is 4.79 Å². The zero-order valence-corrected chi connectivity index (χ0v) is 11.9. The van der Waals surface area contributed by atoms with E-state index in [1.54, 1.807) is 18.2 Å². The van der Waals surface area contributed by atoms with Gasteiger partial charge in [-0.3, -0.25) is 4.79 Å². The van der Waals surface area contributed by atoms with Crippen molar-refractivity contribution >= 4 is 33.3 Å². The van der Waals surface area contributed by atoms with Crippen LogP contribution in [0.5, 0.6) is 0 Å². The molecule has 1 rings (SSSR count). The largest absolute Gasteiger partial charge is 0.294 e. The predicted octanol–water partition coefficient (Wildman–Crippen LogP) is 5.11. The van der Waals surface area contributed by atoms with Crippen LogP contribution >= 0.6 is 27.5 Å². The standard InChI is InChI=1S/C13H16BrClO/c1-3-4-9(2)7-13(16)11-6-5-10(15)8-12(11)14/h5-6,8-9H,3-4,7H2,1-2H3. The fraction of sp³-hybridized carbons (Fsp3) is 0.462. The van der Waals surface area contributed by atoms with Crippen LogP contribution in [-0.2, 0) is 0 Å². The van der Waals surface area contributed by atoms with E-state index >= 15 is 0 Å². The van der Waals surface area contributed by atoms with Crippen molar-refractivity contribution in [2.24, 2.45) is 5.92 Å². The minimum absolute atomic E-state index is 0.185. The number of carbonyl (C=O) groups excluding carboxylic acids is 1. The van der Waals surface area contributed by atoms with Gasteiger partial charge in [-0.1, -0.05) is 38.3 Å². The predicted molar refractivity (Wildman–Crippen MR) is 72.2 cm³/mol. The molecule has 0 saturated heterocycles. The number of hydrogen-bond donors (Lipinski definition) is 0. The fourth-order valence-electron chi connectivity index (χ4n) is 1.74. The van der Waals surface area contributed by atoms with Crippen molar-refractivity contribution in [2.45, 2.75) is 33.1 Å². The first-order valence-electron chi connectivity index (χ1n) is 5.52. The smallest absolute Gasteiger partial charge is 0.164 e. The fourth-order valence-corrected chi connectivity index (χ4v) is 2.64. The van der Waals surface area contributed by atoms with E-state index in [-0.39, 0.29) is 5.78 Å². The van der Waals surface area contributed by atoms with E-state index in [0.29, 0.717) is 17.4 Å². The van der Waals surface area contributed by atoms with Gasteiger partial charge >= 0.3 is 0 Å². The van der Waals surface area contributed by atoms with E-state index in [4.69, 9.17) is 11.6 Å². The second kappa shape index (κ2) is 6.41. The molecule has 1 unspecified atom stereocenters. The molecule has 0 aliphatic heterocycles. The normalized spacial score (nSPS) is 12.5. The quantitative estimate of drug-likeness (QED) is 0.691. The molecule has 1 aromatic rings. The third-order valence-electron chi connectivity index (χ3n) is 2.55. The molecule has 0 aliphatic rings. The summed E-state index contributed by atoms with van der Waals surface area (Å²) >= 11 is 9.21. The second-order valence-corrected chi connectivity index (χ2v) is 5.44. The number of benzene rings is 1. The van der Waals surface area contributed by atoms with Crippen LogP contribution in [0.15, 0.2) is 22.7 Å². The first kappa shape index (κ1) is 13.7. The van der Waals surface area contributed by atoms with Crippen LogP contribution in [0, 0.1) is 5.92 Å². The van der Waals surface area contributed by atoms with E-state index in [2.05, 4.69) is 29.8 Å². The van der Waals surface area contributed by atoms with Gasteiger partial charge in [-0.05, 0) is 40.0 Å². The van der Waals surface area contributed by atoms with Crippen molar-refractivity contribution in [2.75, 3.05) is 0 Å². The number of Topliss-reactive ketones (excluding diaryl/α,β-unsaturated/α-hetero) is 1. The minimum atomic E-state index is 0.185. The Morgan fingerprint density at radius 2 is 2.19 bits per heavy atom. The van der Waals surface area contributed by atoms with Crippen LogP contribution in [0.25, 0.3) is 0 Å². The summed E-state index contributed by atoms with van der Waals surface area (Å²) in [5.41, 5.74) is 0.729. The van der Waals surface area contributed by atoms with Crippen LogP contribution in [0.2, 0.25) is 5.02 Å². The van der Waals surface area contributed by atoms with Crippen LogP contribution in [0.1, 0.15) is 43.5 Å². The van der Waals surface area contributed by atoms with E-state index in [1.807, 2.05) is 0 Å². The Kier molecular flexibility index (Phi) is 5.50. The average molecular weight is 304 g/mol. The summed E-state index contributed by atoms with van der Waals surface area (Å²) in [7, 11) is 0. The molecular weight excluding hydrogens is 287 g/mol. The average Bonchev–Trinajstić information content (AvgIpc) is 2.17. The number of rotatable bonds is 5. The zero-order valence-electron chi connectivity index (χ0n) is 9.59. The second-order valence-electron chi connectivity index (χ2n) is 4.15. The minimum Gasteiger partial charge on any atom is -0.294 e. The van der Waals surface area contributed by atoms with Crippen molar-refractivity contribution in [1.29, 1.82) is 0 Å². The van der Waals surface area contributed by atoms with Gasteiger partial charge in [-0.15, -0.1) is 0 Å². The molecule has 16 heavy (non-hydrogen) atoms. The van der Waals surface area contributed by atoms with Crippen molar-refractivity contribution in [1.82, 2.24) is 0 Å². The molecule has 0 spiro atoms. The molecule has 0 heterocycles. The lowest BCUT2D eigenvalue weighted by Crippen LogP contribution is -2.06. The Balaban J connectivity index is 2.73. The molecule has 0 amide bonds. The number of hydrogen-bond acceptors (Lipinski definition) is 1. The third-order valence-corrected chi connectivity index (χ3v) is 3.44. The lowest BCUT2D eigenvalue weighted by Gasteiger charge is -2.10. The summed E-state index contributed by atoms with van der Waals surface area (Å²) in [5, 5.41) is 0.644. The Labute approximate surface area is 110 Å². The molecule has 0 saturated carbocycles. The molecule has 3 heteroatoms. The number of ketones is 1. The maximum Gasteiger partial charge on any atom is 0.164 e. The van der Waals surface area contributed by atoms with Crippen molar-refractivity contribution in [3.05, 3.63) is 33.3 Å². The molecular formula is C13H16BrClO. The highest BCUT2D eigenvalue weighted by molar-refractivity contribution is 9.10. The molecule has 0 bridgehead atoms.